The molecule has 7 nitrogen and oxygen atoms in total. The van der Waals surface area contributed by atoms with Gasteiger partial charge < -0.3 is 9.84 Å². The van der Waals surface area contributed by atoms with Crippen LogP contribution in [0.25, 0.3) is 0 Å². The third-order valence-electron chi connectivity index (χ3n) is 3.95. The first-order valence-electron chi connectivity index (χ1n) is 6.78. The number of benzene rings is 1. The number of nitrogens with zero attached hydrogens (tertiary/aromatic N) is 1. The smallest absolute Gasteiger partial charge is 0.339 e. The van der Waals surface area contributed by atoms with Crippen molar-refractivity contribution in [1.29, 1.82) is 0 Å². The number of hydrogen-bond donors (Lipinski definition) is 1. The van der Waals surface area contributed by atoms with Gasteiger partial charge in [-0.15, -0.1) is 0 Å². The first kappa shape index (κ1) is 17.9. The number of carbonyl (C=O) groups is 2. The van der Waals surface area contributed by atoms with Gasteiger partial charge in [0.25, 0.3) is 0 Å². The molecule has 0 bridgehead atoms. The Morgan fingerprint density at radius 3 is 2.61 bits per heavy atom. The highest BCUT2D eigenvalue weighted by Crippen LogP contribution is 2.36. The van der Waals surface area contributed by atoms with Crippen molar-refractivity contribution in [3.8, 4) is 0 Å². The Morgan fingerprint density at radius 1 is 1.39 bits per heavy atom. The Labute approximate surface area is 142 Å². The summed E-state index contributed by atoms with van der Waals surface area (Å²) < 4.78 is 32.0. The second-order valence-electron chi connectivity index (χ2n) is 5.39. The molecule has 23 heavy (non-hydrogen) atoms. The molecule has 0 spiro atoms. The number of ether oxygens (including phenoxy) is 1. The Morgan fingerprint density at radius 2 is 2.04 bits per heavy atom. The van der Waals surface area contributed by atoms with E-state index in [0.717, 1.165) is 11.4 Å². The number of methoxy groups -OCH3 is 1. The average molecular weight is 406 g/mol. The quantitative estimate of drug-likeness (QED) is 0.767. The summed E-state index contributed by atoms with van der Waals surface area (Å²) in [5, 5.41) is 9.42. The molecule has 1 heterocycles. The molecule has 1 fully saturated rings. The summed E-state index contributed by atoms with van der Waals surface area (Å²) in [6.45, 7) is 1.46. The third-order valence-corrected chi connectivity index (χ3v) is 6.52. The minimum absolute atomic E-state index is 0.0851. The molecule has 0 unspecified atom stereocenters. The van der Waals surface area contributed by atoms with Crippen molar-refractivity contribution in [2.75, 3.05) is 13.7 Å². The number of aliphatic carboxylic acids is 1. The molecule has 2 rings (SSSR count). The highest BCUT2D eigenvalue weighted by molar-refractivity contribution is 9.10. The molecule has 0 aromatic heterocycles. The van der Waals surface area contributed by atoms with E-state index in [0.29, 0.717) is 10.9 Å². The second kappa shape index (κ2) is 6.21. The number of esters is 1. The van der Waals surface area contributed by atoms with Crippen molar-refractivity contribution in [1.82, 2.24) is 4.31 Å². The lowest BCUT2D eigenvalue weighted by atomic mass is 10.0. The van der Waals surface area contributed by atoms with Crippen LogP contribution in [0.15, 0.2) is 27.6 Å². The minimum atomic E-state index is -4.16. The fourth-order valence-electron chi connectivity index (χ4n) is 2.65. The summed E-state index contributed by atoms with van der Waals surface area (Å²) in [7, 11) is -3.01. The number of halogens is 1. The highest BCUT2D eigenvalue weighted by atomic mass is 79.9. The monoisotopic (exact) mass is 405 g/mol. The van der Waals surface area contributed by atoms with Gasteiger partial charge >= 0.3 is 11.9 Å². The first-order valence-corrected chi connectivity index (χ1v) is 9.02. The van der Waals surface area contributed by atoms with Crippen molar-refractivity contribution in [3.05, 3.63) is 28.2 Å². The normalized spacial score (nSPS) is 22.0. The zero-order valence-electron chi connectivity index (χ0n) is 12.6. The van der Waals surface area contributed by atoms with E-state index >= 15 is 0 Å². The maximum absolute atomic E-state index is 12.9. The van der Waals surface area contributed by atoms with E-state index in [1.165, 1.54) is 25.1 Å². The highest BCUT2D eigenvalue weighted by Gasteiger charge is 2.50. The molecule has 9 heteroatoms. The molecule has 0 amide bonds. The average Bonchev–Trinajstić information content (AvgIpc) is 2.90. The molecule has 1 aromatic rings. The molecule has 1 aliphatic rings. The Kier molecular flexibility index (Phi) is 4.84. The standard InChI is InChI=1S/C14H16BrNO6S/c1-14(13(18)19)6-3-7-16(14)23(20,21)11-5-4-9(15)8-10(11)12(17)22-2/h4-5,8H,3,6-7H2,1-2H3,(H,18,19)/t14-/m1/s1. The second-order valence-corrected chi connectivity index (χ2v) is 8.14. The number of carbonyl (C=O) groups excluding carboxylic acids is 1. The van der Waals surface area contributed by atoms with Gasteiger partial charge in [-0.05, 0) is 38.0 Å². The van der Waals surface area contributed by atoms with Crippen LogP contribution >= 0.6 is 15.9 Å². The summed E-state index contributed by atoms with van der Waals surface area (Å²) in [6.07, 6.45) is 0.651. The van der Waals surface area contributed by atoms with Gasteiger partial charge in [-0.3, -0.25) is 4.79 Å². The maximum Gasteiger partial charge on any atom is 0.339 e. The van der Waals surface area contributed by atoms with Crippen LogP contribution in [0.5, 0.6) is 0 Å². The van der Waals surface area contributed by atoms with Crippen LogP contribution in [0.2, 0.25) is 0 Å². The summed E-state index contributed by atoms with van der Waals surface area (Å²) in [5.74, 6) is -2.02. The summed E-state index contributed by atoms with van der Waals surface area (Å²) in [4.78, 5) is 23.2. The zero-order valence-corrected chi connectivity index (χ0v) is 15.0. The lowest BCUT2D eigenvalue weighted by molar-refractivity contribution is -0.146. The van der Waals surface area contributed by atoms with E-state index in [1.807, 2.05) is 0 Å². The topological polar surface area (TPSA) is 101 Å². The van der Waals surface area contributed by atoms with Crippen molar-refractivity contribution in [2.24, 2.45) is 0 Å². The number of rotatable bonds is 4. The molecule has 0 aliphatic carbocycles. The molecule has 1 atom stereocenters. The molecule has 1 aliphatic heterocycles. The molecule has 1 aromatic carbocycles. The minimum Gasteiger partial charge on any atom is -0.480 e. The molecular formula is C14H16BrNO6S. The van der Waals surface area contributed by atoms with E-state index in [-0.39, 0.29) is 23.4 Å². The number of carboxylic acids is 1. The van der Waals surface area contributed by atoms with Gasteiger partial charge in [-0.1, -0.05) is 15.9 Å². The molecule has 1 N–H and O–H groups in total. The van der Waals surface area contributed by atoms with Crippen LogP contribution in [0.3, 0.4) is 0 Å². The zero-order chi connectivity index (χ0) is 17.4. The van der Waals surface area contributed by atoms with Crippen LogP contribution in [0.4, 0.5) is 0 Å². The van der Waals surface area contributed by atoms with Gasteiger partial charge in [0.2, 0.25) is 10.0 Å². The van der Waals surface area contributed by atoms with Crippen LogP contribution < -0.4 is 0 Å². The summed E-state index contributed by atoms with van der Waals surface area (Å²) >= 11 is 3.18. The van der Waals surface area contributed by atoms with Gasteiger partial charge in [-0.2, -0.15) is 4.31 Å². The fourth-order valence-corrected chi connectivity index (χ4v) is 4.98. The van der Waals surface area contributed by atoms with Crippen LogP contribution in [0.1, 0.15) is 30.1 Å². The van der Waals surface area contributed by atoms with Crippen molar-refractivity contribution in [3.63, 3.8) is 0 Å². The molecule has 0 radical (unpaired) electrons. The molecule has 1 saturated heterocycles. The lowest BCUT2D eigenvalue weighted by Gasteiger charge is -2.30. The Bertz CT molecular complexity index is 763. The van der Waals surface area contributed by atoms with Crippen LogP contribution in [-0.2, 0) is 19.6 Å². The van der Waals surface area contributed by atoms with E-state index in [1.54, 1.807) is 0 Å². The first-order chi connectivity index (χ1) is 10.6. The number of sulfonamides is 1. The Balaban J connectivity index is 2.61. The molecular weight excluding hydrogens is 390 g/mol. The van der Waals surface area contributed by atoms with Gasteiger partial charge in [0.05, 0.1) is 17.6 Å². The van der Waals surface area contributed by atoms with Crippen molar-refractivity contribution >= 4 is 37.9 Å². The SMILES string of the molecule is COC(=O)c1cc(Br)ccc1S(=O)(=O)N1CCC[C@]1(C)C(=O)O. The Hall–Kier alpha value is -1.45. The predicted molar refractivity (Wildman–Crippen MR) is 84.6 cm³/mol. The maximum atomic E-state index is 12.9. The fraction of sp³-hybridized carbons (Fsp3) is 0.429. The number of carboxylic acid groups (broad SMARTS) is 1. The van der Waals surface area contributed by atoms with Gasteiger partial charge in [0.1, 0.15) is 5.54 Å². The van der Waals surface area contributed by atoms with E-state index in [4.69, 9.17) is 0 Å². The van der Waals surface area contributed by atoms with Crippen molar-refractivity contribution in [2.45, 2.75) is 30.2 Å². The summed E-state index contributed by atoms with van der Waals surface area (Å²) in [6, 6.07) is 4.09. The van der Waals surface area contributed by atoms with E-state index in [2.05, 4.69) is 20.7 Å². The van der Waals surface area contributed by atoms with Crippen molar-refractivity contribution < 1.29 is 27.9 Å². The van der Waals surface area contributed by atoms with Crippen LogP contribution in [-0.4, -0.2) is 49.0 Å². The lowest BCUT2D eigenvalue weighted by Crippen LogP contribution is -2.50. The van der Waals surface area contributed by atoms with E-state index in [9.17, 15) is 23.1 Å². The summed E-state index contributed by atoms with van der Waals surface area (Å²) in [5.41, 5.74) is -1.67. The van der Waals surface area contributed by atoms with Gasteiger partial charge in [-0.25, -0.2) is 13.2 Å². The number of hydrogen-bond acceptors (Lipinski definition) is 5. The molecule has 0 saturated carbocycles. The molecule has 126 valence electrons. The van der Waals surface area contributed by atoms with Gasteiger partial charge in [0, 0.05) is 11.0 Å². The van der Waals surface area contributed by atoms with Crippen LogP contribution in [0, 0.1) is 0 Å². The van der Waals surface area contributed by atoms with Gasteiger partial charge in [0.15, 0.2) is 0 Å². The largest absolute Gasteiger partial charge is 0.480 e. The van der Waals surface area contributed by atoms with E-state index < -0.39 is 27.5 Å². The predicted octanol–water partition coefficient (Wildman–Crippen LogP) is 1.86. The third kappa shape index (κ3) is 3.00.